The van der Waals surface area contributed by atoms with Crippen LogP contribution in [0, 0.1) is 23.2 Å². The molecule has 1 saturated carbocycles. The number of nitrogens with zero attached hydrogens (tertiary/aromatic N) is 2. The highest BCUT2D eigenvalue weighted by Crippen LogP contribution is 2.47. The van der Waals surface area contributed by atoms with E-state index < -0.39 is 17.7 Å². The summed E-state index contributed by atoms with van der Waals surface area (Å²) in [6, 6.07) is 4.94. The van der Waals surface area contributed by atoms with Crippen LogP contribution < -0.4 is 5.32 Å². The molecular formula is C23H23ClF3N3O3. The predicted molar refractivity (Wildman–Crippen MR) is 114 cm³/mol. The lowest BCUT2D eigenvalue weighted by molar-refractivity contribution is -0.141. The van der Waals surface area contributed by atoms with Crippen LogP contribution in [0.25, 0.3) is 11.0 Å². The van der Waals surface area contributed by atoms with Crippen LogP contribution >= 0.6 is 11.6 Å². The summed E-state index contributed by atoms with van der Waals surface area (Å²) in [5.41, 5.74) is -0.500. The largest absolute Gasteiger partial charge is 0.459 e. The van der Waals surface area contributed by atoms with Crippen molar-refractivity contribution in [3.63, 3.8) is 0 Å². The molecule has 2 heterocycles. The van der Waals surface area contributed by atoms with E-state index in [1.54, 1.807) is 11.0 Å². The first-order valence-electron chi connectivity index (χ1n) is 10.9. The maximum Gasteiger partial charge on any atom is 0.420 e. The molecule has 4 rings (SSSR count). The molecule has 1 aliphatic heterocycles. The van der Waals surface area contributed by atoms with Crippen LogP contribution in [0.3, 0.4) is 0 Å². The molecule has 1 aliphatic carbocycles. The van der Waals surface area contributed by atoms with E-state index in [1.165, 1.54) is 0 Å². The third kappa shape index (κ3) is 4.96. The van der Waals surface area contributed by atoms with Gasteiger partial charge in [-0.2, -0.15) is 18.4 Å². The van der Waals surface area contributed by atoms with Crippen LogP contribution in [0.2, 0.25) is 5.02 Å². The minimum Gasteiger partial charge on any atom is -0.459 e. The van der Waals surface area contributed by atoms with Crippen molar-refractivity contribution >= 4 is 34.9 Å². The van der Waals surface area contributed by atoms with Crippen molar-refractivity contribution in [3.05, 3.63) is 34.0 Å². The topological polar surface area (TPSA) is 86.3 Å². The second-order valence-corrected chi connectivity index (χ2v) is 9.10. The average Bonchev–Trinajstić information content (AvgIpc) is 3.53. The van der Waals surface area contributed by atoms with Gasteiger partial charge in [-0.15, -0.1) is 0 Å². The number of rotatable bonds is 9. The third-order valence-electron chi connectivity index (χ3n) is 6.34. The van der Waals surface area contributed by atoms with Crippen molar-refractivity contribution < 1.29 is 27.2 Å². The van der Waals surface area contributed by atoms with Gasteiger partial charge in [-0.25, -0.2) is 0 Å². The van der Waals surface area contributed by atoms with E-state index in [1.807, 2.05) is 0 Å². The van der Waals surface area contributed by atoms with E-state index in [4.69, 9.17) is 21.3 Å². The van der Waals surface area contributed by atoms with E-state index in [0.717, 1.165) is 18.9 Å². The number of carbonyl (C=O) groups excluding carboxylic acids is 2. The second kappa shape index (κ2) is 9.26. The molecule has 2 amide bonds. The minimum atomic E-state index is -4.57. The molecule has 6 nitrogen and oxygen atoms in total. The first kappa shape index (κ1) is 23.4. The van der Waals surface area contributed by atoms with Crippen molar-refractivity contribution in [2.24, 2.45) is 11.8 Å². The summed E-state index contributed by atoms with van der Waals surface area (Å²) < 4.78 is 46.7. The number of hydrogen-bond acceptors (Lipinski definition) is 4. The second-order valence-electron chi connectivity index (χ2n) is 8.72. The van der Waals surface area contributed by atoms with Gasteiger partial charge in [0.1, 0.15) is 11.3 Å². The third-order valence-corrected chi connectivity index (χ3v) is 6.75. The summed E-state index contributed by atoms with van der Waals surface area (Å²) in [5.74, 6) is -0.483. The van der Waals surface area contributed by atoms with E-state index >= 15 is 0 Å². The van der Waals surface area contributed by atoms with Gasteiger partial charge in [0, 0.05) is 37.4 Å². The number of benzene rings is 1. The van der Waals surface area contributed by atoms with E-state index in [9.17, 15) is 22.8 Å². The van der Waals surface area contributed by atoms with Crippen LogP contribution in [0.4, 0.5) is 13.2 Å². The Morgan fingerprint density at radius 1 is 1.33 bits per heavy atom. The Bertz CT molecular complexity index is 1100. The molecular weight excluding hydrogens is 459 g/mol. The van der Waals surface area contributed by atoms with Crippen LogP contribution in [-0.4, -0.2) is 36.9 Å². The molecule has 2 aromatic rings. The number of aryl methyl sites for hydroxylation is 1. The molecule has 1 unspecified atom stereocenters. The summed E-state index contributed by atoms with van der Waals surface area (Å²) in [4.78, 5) is 25.0. The molecule has 0 bridgehead atoms. The number of alkyl halides is 3. The van der Waals surface area contributed by atoms with Crippen LogP contribution in [0.15, 0.2) is 16.5 Å². The predicted octanol–water partition coefficient (Wildman–Crippen LogP) is 4.65. The number of nitrogens with one attached hydrogen (secondary N) is 1. The van der Waals surface area contributed by atoms with Gasteiger partial charge in [0.2, 0.25) is 12.3 Å². The molecule has 1 aromatic heterocycles. The zero-order chi connectivity index (χ0) is 23.8. The van der Waals surface area contributed by atoms with Gasteiger partial charge in [-0.1, -0.05) is 11.6 Å². The van der Waals surface area contributed by atoms with E-state index in [0.29, 0.717) is 37.9 Å². The summed E-state index contributed by atoms with van der Waals surface area (Å²) >= 11 is 6.45. The Kier molecular flexibility index (Phi) is 6.57. The maximum absolute atomic E-state index is 13.7. The lowest BCUT2D eigenvalue weighted by Crippen LogP contribution is -2.51. The van der Waals surface area contributed by atoms with Gasteiger partial charge in [0.25, 0.3) is 0 Å². The summed E-state index contributed by atoms with van der Waals surface area (Å²) in [5, 5.41) is 11.9. The highest BCUT2D eigenvalue weighted by molar-refractivity contribution is 6.36. The zero-order valence-corrected chi connectivity index (χ0v) is 18.5. The smallest absolute Gasteiger partial charge is 0.420 e. The lowest BCUT2D eigenvalue weighted by Gasteiger charge is -2.37. The van der Waals surface area contributed by atoms with Gasteiger partial charge >= 0.3 is 6.18 Å². The Balaban J connectivity index is 1.56. The molecule has 176 valence electrons. The number of fused-ring (bicyclic) bond motifs is 1. The Morgan fingerprint density at radius 2 is 2.06 bits per heavy atom. The van der Waals surface area contributed by atoms with Crippen molar-refractivity contribution in [1.29, 1.82) is 5.26 Å². The van der Waals surface area contributed by atoms with Gasteiger partial charge in [-0.05, 0) is 49.3 Å². The molecule has 0 radical (unpaired) electrons. The molecule has 1 saturated heterocycles. The highest BCUT2D eigenvalue weighted by Gasteiger charge is 2.38. The normalized spacial score (nSPS) is 17.5. The van der Waals surface area contributed by atoms with Crippen LogP contribution in [-0.2, 0) is 22.2 Å². The molecule has 1 N–H and O–H groups in total. The number of carbonyl (C=O) groups is 2. The summed E-state index contributed by atoms with van der Waals surface area (Å²) in [6.45, 7) is 1.00. The minimum absolute atomic E-state index is 0.117. The van der Waals surface area contributed by atoms with Gasteiger partial charge in [0.15, 0.2) is 0 Å². The van der Waals surface area contributed by atoms with E-state index in [2.05, 4.69) is 11.4 Å². The Hall–Kier alpha value is -2.73. The SMILES string of the molecule is N#CC1CN(C(=O)C(CCNC=O)CCc2oc3c(C(F)(F)F)cc(C4CC4)cc3c2Cl)C1. The van der Waals surface area contributed by atoms with Crippen LogP contribution in [0.1, 0.15) is 48.5 Å². The van der Waals surface area contributed by atoms with Gasteiger partial charge in [0.05, 0.1) is 22.6 Å². The molecule has 2 aliphatic rings. The Morgan fingerprint density at radius 3 is 2.67 bits per heavy atom. The maximum atomic E-state index is 13.7. The van der Waals surface area contributed by atoms with Crippen molar-refractivity contribution in [3.8, 4) is 6.07 Å². The first-order chi connectivity index (χ1) is 15.7. The molecule has 33 heavy (non-hydrogen) atoms. The molecule has 1 atom stereocenters. The van der Waals surface area contributed by atoms with Crippen molar-refractivity contribution in [2.45, 2.75) is 44.2 Å². The monoisotopic (exact) mass is 481 g/mol. The molecule has 2 fully saturated rings. The summed E-state index contributed by atoms with van der Waals surface area (Å²) in [7, 11) is 0. The zero-order valence-electron chi connectivity index (χ0n) is 17.8. The highest BCUT2D eigenvalue weighted by atomic mass is 35.5. The van der Waals surface area contributed by atoms with Crippen molar-refractivity contribution in [1.82, 2.24) is 10.2 Å². The fourth-order valence-corrected chi connectivity index (χ4v) is 4.55. The molecule has 10 heteroatoms. The fraction of sp³-hybridized carbons (Fsp3) is 0.522. The Labute approximate surface area is 193 Å². The summed E-state index contributed by atoms with van der Waals surface area (Å²) in [6.07, 6.45) is -1.48. The average molecular weight is 482 g/mol. The molecule has 0 spiro atoms. The first-order valence-corrected chi connectivity index (χ1v) is 11.3. The number of hydrogen-bond donors (Lipinski definition) is 1. The van der Waals surface area contributed by atoms with E-state index in [-0.39, 0.29) is 52.5 Å². The number of amides is 2. The standard InChI is InChI=1S/C23H23ClF3N3O3/c24-20-17-7-16(14-1-2-14)8-18(23(25,26)27)21(17)33-19(20)4-3-15(5-6-29-12-31)22(32)30-10-13(9-28)11-30/h7-8,12-15H,1-6,10-11H2,(H,29,31). The van der Waals surface area contributed by atoms with Gasteiger partial charge in [-0.3, -0.25) is 9.59 Å². The molecule has 1 aromatic carbocycles. The van der Waals surface area contributed by atoms with Gasteiger partial charge < -0.3 is 14.6 Å². The number of furan rings is 1. The quantitative estimate of drug-likeness (QED) is 0.417. The number of likely N-dealkylation sites (tertiary alicyclic amines) is 1. The van der Waals surface area contributed by atoms with Crippen molar-refractivity contribution in [2.75, 3.05) is 19.6 Å². The lowest BCUT2D eigenvalue weighted by atomic mass is 9.93. The number of nitriles is 1. The number of halogens is 4. The fourth-order valence-electron chi connectivity index (χ4n) is 4.28. The van der Waals surface area contributed by atoms with Crippen LogP contribution in [0.5, 0.6) is 0 Å².